The Morgan fingerprint density at radius 2 is 0.743 bits per heavy atom. The predicted molar refractivity (Wildman–Crippen MR) is 419 cm³/mol. The van der Waals surface area contributed by atoms with Crippen LogP contribution in [0.5, 0.6) is 0 Å². The Kier molecular flexibility index (Phi) is 42.0. The van der Waals surface area contributed by atoms with Crippen LogP contribution in [0.25, 0.3) is 0 Å². The zero-order valence-electron chi connectivity index (χ0n) is 60.5. The van der Waals surface area contributed by atoms with Crippen molar-refractivity contribution in [1.82, 2.24) is 0 Å². The van der Waals surface area contributed by atoms with Gasteiger partial charge in [-0.3, -0.25) is 18.9 Å². The molecule has 0 unspecified atom stereocenters. The number of carbonyl (C=O) groups is 5. The van der Waals surface area contributed by atoms with E-state index in [-0.39, 0.29) is 91.6 Å². The highest BCUT2D eigenvalue weighted by atomic mass is 35.7. The lowest BCUT2D eigenvalue weighted by Crippen LogP contribution is -2.18. The minimum absolute atomic E-state index is 0.0234. The van der Waals surface area contributed by atoms with E-state index in [9.17, 15) is 96.8 Å². The number of hydrogen-bond donors (Lipinski definition) is 8. The first-order valence-electron chi connectivity index (χ1n) is 32.6. The molecule has 0 aliphatic carbocycles. The van der Waals surface area contributed by atoms with Crippen molar-refractivity contribution in [1.29, 1.82) is 0 Å². The number of nitrogen functional groups attached to an aromatic ring is 2. The maximum Gasteiger partial charge on any atom is 0.343 e. The third-order valence-corrected chi connectivity index (χ3v) is 21.5. The van der Waals surface area contributed by atoms with E-state index in [2.05, 4.69) is 14.2 Å². The van der Waals surface area contributed by atoms with Crippen molar-refractivity contribution < 1.29 is 121 Å². The molecule has 42 heteroatoms. The van der Waals surface area contributed by atoms with Crippen LogP contribution in [0.4, 0.5) is 64.9 Å². The quantitative estimate of drug-likeness (QED) is 0.00779. The highest BCUT2D eigenvalue weighted by Crippen LogP contribution is 2.30. The number of rotatable bonds is 27. The number of nitrogens with one attached hydrogen (secondary N) is 4. The number of hydrogen-bond acceptors (Lipinski definition) is 20. The van der Waals surface area contributed by atoms with Crippen molar-refractivity contribution in [2.75, 3.05) is 66.2 Å². The normalized spacial score (nSPS) is 10.9. The van der Waals surface area contributed by atoms with E-state index >= 15 is 0 Å². The summed E-state index contributed by atoms with van der Waals surface area (Å²) in [6, 6.07) is 36.0. The van der Waals surface area contributed by atoms with Crippen molar-refractivity contribution in [3.63, 3.8) is 0 Å². The Labute approximate surface area is 667 Å². The SMILES string of the molecule is CCCS(=O)(=O)Cl.CCCS(=O)(=O)Nc1ccc(Cl)c(C(=O)OCc2ccccc2)c1F.CCCS(=O)(=O)Nc1ccc(F)c(C(=O)O)c1F.CCCS(=O)(=O)Nc1cccc(C(=O)O)c1F.CCCS(=O)(=O)Nc1cccc(C(=O)OC)c1F.Nc1ccc(Cl)c(C(=O)OCc2ccccc2)c1F.Nc1ccc(Cl)cc1F. The number of methoxy groups -OCH3 is 1. The highest BCUT2D eigenvalue weighted by Gasteiger charge is 2.26. The molecule has 8 aromatic carbocycles. The second-order valence-corrected chi connectivity index (χ2v) is 34.1. The van der Waals surface area contributed by atoms with E-state index in [0.717, 1.165) is 30.4 Å². The fraction of sp³-hybridized carbons (Fsp3) is 0.254. The van der Waals surface area contributed by atoms with Gasteiger partial charge in [0.25, 0.3) is 0 Å². The number of carboxylic acids is 2. The van der Waals surface area contributed by atoms with Crippen LogP contribution in [-0.2, 0) is 76.6 Å². The Balaban J connectivity index is 0.000000459. The van der Waals surface area contributed by atoms with Gasteiger partial charge in [0.2, 0.25) is 49.1 Å². The van der Waals surface area contributed by atoms with Crippen LogP contribution in [-0.4, -0.2) is 118 Å². The molecule has 10 N–H and O–H groups in total. The lowest BCUT2D eigenvalue weighted by atomic mass is 10.2. The average Bonchev–Trinajstić information content (AvgIpc) is 0.775. The lowest BCUT2D eigenvalue weighted by Gasteiger charge is -2.12. The van der Waals surface area contributed by atoms with E-state index in [1.165, 1.54) is 66.7 Å². The maximum absolute atomic E-state index is 14.6. The summed E-state index contributed by atoms with van der Waals surface area (Å²) >= 11 is 17.1. The zero-order chi connectivity index (χ0) is 85.8. The molecule has 0 bridgehead atoms. The first-order valence-corrected chi connectivity index (χ1v) is 42.9. The van der Waals surface area contributed by atoms with Gasteiger partial charge in [0.05, 0.1) is 91.2 Å². The Bertz CT molecular complexity index is 5180. The number of carboxylic acid groups (broad SMARTS) is 2. The summed E-state index contributed by atoms with van der Waals surface area (Å²) < 4.78 is 230. The van der Waals surface area contributed by atoms with Gasteiger partial charge in [0.15, 0.2) is 29.1 Å². The summed E-state index contributed by atoms with van der Waals surface area (Å²) in [5, 5.41) is 17.5. The van der Waals surface area contributed by atoms with Crippen molar-refractivity contribution in [2.24, 2.45) is 0 Å². The van der Waals surface area contributed by atoms with Gasteiger partial charge in [-0.2, -0.15) is 0 Å². The summed E-state index contributed by atoms with van der Waals surface area (Å²) in [7, 11) is -12.0. The van der Waals surface area contributed by atoms with Gasteiger partial charge >= 0.3 is 29.8 Å². The van der Waals surface area contributed by atoms with Crippen LogP contribution in [0, 0.1) is 40.7 Å². The number of carbonyl (C=O) groups excluding carboxylic acids is 3. The molecule has 0 amide bonds. The van der Waals surface area contributed by atoms with Gasteiger partial charge in [-0.1, -0.05) is 142 Å². The fourth-order valence-corrected chi connectivity index (χ4v) is 14.4. The van der Waals surface area contributed by atoms with Crippen LogP contribution in [0.15, 0.2) is 152 Å². The molecule has 0 aliphatic rings. The molecular weight excluding hydrogens is 1690 g/mol. The third kappa shape index (κ3) is 35.5. The third-order valence-electron chi connectivity index (χ3n) is 13.3. The van der Waals surface area contributed by atoms with Gasteiger partial charge in [-0.05, 0) is 122 Å². The minimum atomic E-state index is -3.77. The molecule has 0 aliphatic heterocycles. The molecule has 0 heterocycles. The van der Waals surface area contributed by atoms with Crippen LogP contribution in [0.3, 0.4) is 0 Å². The van der Waals surface area contributed by atoms with Gasteiger partial charge < -0.3 is 35.9 Å². The number of sulfonamides is 4. The lowest BCUT2D eigenvalue weighted by molar-refractivity contribution is 0.0458. The van der Waals surface area contributed by atoms with Gasteiger partial charge in [0, 0.05) is 15.7 Å². The smallest absolute Gasteiger partial charge is 0.343 e. The summed E-state index contributed by atoms with van der Waals surface area (Å²) in [5.41, 5.74) is 7.62. The van der Waals surface area contributed by atoms with Crippen LogP contribution >= 0.6 is 45.5 Å². The van der Waals surface area contributed by atoms with Gasteiger partial charge in [-0.15, -0.1) is 0 Å². The first kappa shape index (κ1) is 99.4. The second kappa shape index (κ2) is 47.8. The summed E-state index contributed by atoms with van der Waals surface area (Å²) in [5.74, 6) is -13.6. The molecule has 0 spiro atoms. The minimum Gasteiger partial charge on any atom is -0.478 e. The monoisotopic (exact) mass is 1770 g/mol. The van der Waals surface area contributed by atoms with E-state index in [1.54, 1.807) is 77.1 Å². The van der Waals surface area contributed by atoms with E-state index in [1.807, 2.05) is 33.7 Å². The summed E-state index contributed by atoms with van der Waals surface area (Å²) in [6.07, 6.45) is 2.06. The molecule has 8 aromatic rings. The number of anilines is 6. The Hall–Kier alpha value is -9.67. The fourth-order valence-electron chi connectivity index (χ4n) is 8.34. The Morgan fingerprint density at radius 1 is 0.389 bits per heavy atom. The first-order chi connectivity index (χ1) is 52.8. The molecule has 618 valence electrons. The van der Waals surface area contributed by atoms with Gasteiger partial charge in [-0.25, -0.2) is 96.8 Å². The van der Waals surface area contributed by atoms with Crippen LogP contribution < -0.4 is 30.4 Å². The van der Waals surface area contributed by atoms with Crippen LogP contribution in [0.1, 0.15) is 130 Å². The van der Waals surface area contributed by atoms with Crippen molar-refractivity contribution in [3.05, 3.63) is 246 Å². The molecule has 0 saturated heterocycles. The van der Waals surface area contributed by atoms with Crippen molar-refractivity contribution in [3.8, 4) is 0 Å². The average molecular weight is 1770 g/mol. The molecular formula is C71H77Cl4F7N6O20S5. The van der Waals surface area contributed by atoms with Crippen molar-refractivity contribution >= 4 is 159 Å². The van der Waals surface area contributed by atoms with E-state index < -0.39 is 142 Å². The molecule has 0 radical (unpaired) electrons. The van der Waals surface area contributed by atoms with Crippen molar-refractivity contribution in [2.45, 2.75) is 79.9 Å². The highest BCUT2D eigenvalue weighted by molar-refractivity contribution is 8.13. The van der Waals surface area contributed by atoms with E-state index in [0.29, 0.717) is 43.2 Å². The standard InChI is InChI=1S/C17H17ClFNO4S.C14H11ClFNO2.C11H14FNO4S.C10H11F2NO4S.C10H12FNO4S.C6H5ClFN.C3H7ClO2S/c1-2-10-25(22,23)20-14-9-8-13(18)15(16(14)19)17(21)24-11-12-6-4-3-5-7-12;15-10-6-7-11(17)13(16)12(10)14(18)19-8-9-4-2-1-3-5-9;1-3-7-18(15,16)13-9-6-4-5-8(10(9)12)11(14)17-2;1-2-5-18(16,17)13-7-4-3-6(11)8(9(7)12)10(14)15;1-2-6-17(15,16)12-8-5-3-4-7(9(8)11)10(13)14;7-4-1-2-6(9)5(8)3-4;1-2-3-7(4,5)6/h3-9,20H,2,10-11H2,1H3;1-7H,8,17H2;4-6,13H,3,7H2,1-2H3;3-4,13H,2,5H2,1H3,(H,14,15);3-5,12H,2,6H2,1H3,(H,13,14);1-3H,9H2;2-3H2,1H3. The van der Waals surface area contributed by atoms with Gasteiger partial charge in [0.1, 0.15) is 41.5 Å². The summed E-state index contributed by atoms with van der Waals surface area (Å²) in [4.78, 5) is 56.5. The van der Waals surface area contributed by atoms with Crippen LogP contribution in [0.2, 0.25) is 15.1 Å². The number of aromatic carboxylic acids is 2. The van der Waals surface area contributed by atoms with E-state index in [4.69, 9.17) is 76.6 Å². The zero-order valence-corrected chi connectivity index (χ0v) is 67.6. The Morgan fingerprint density at radius 3 is 1.10 bits per heavy atom. The molecule has 0 fully saturated rings. The molecule has 0 atom stereocenters. The number of nitrogens with two attached hydrogens (primary N) is 2. The number of benzene rings is 8. The molecule has 113 heavy (non-hydrogen) atoms. The molecule has 0 aromatic heterocycles. The largest absolute Gasteiger partial charge is 0.478 e. The number of esters is 3. The molecule has 0 saturated carbocycles. The summed E-state index contributed by atoms with van der Waals surface area (Å²) in [6.45, 7) is 8.42. The number of halogens is 11. The number of ether oxygens (including phenoxy) is 3. The molecule has 8 rings (SSSR count). The maximum atomic E-state index is 14.6. The second-order valence-electron chi connectivity index (χ2n) is 22.5. The topological polar surface area (TPSA) is 424 Å². The predicted octanol–water partition coefficient (Wildman–Crippen LogP) is 15.7. The molecule has 26 nitrogen and oxygen atoms in total.